The van der Waals surface area contributed by atoms with E-state index in [9.17, 15) is 0 Å². The molecule has 5 rings (SSSR count). The zero-order valence-corrected chi connectivity index (χ0v) is 19.5. The van der Waals surface area contributed by atoms with Crippen molar-refractivity contribution in [2.24, 2.45) is 5.73 Å². The predicted molar refractivity (Wildman–Crippen MR) is 136 cm³/mol. The molecule has 1 atom stereocenters. The summed E-state index contributed by atoms with van der Waals surface area (Å²) in [5, 5.41) is 4.97. The van der Waals surface area contributed by atoms with Crippen LogP contribution in [0.4, 0.5) is 5.95 Å². The van der Waals surface area contributed by atoms with Crippen molar-refractivity contribution in [2.75, 3.05) is 31.5 Å². The van der Waals surface area contributed by atoms with Crippen LogP contribution in [0.2, 0.25) is 0 Å². The summed E-state index contributed by atoms with van der Waals surface area (Å²) >= 11 is 0. The van der Waals surface area contributed by atoms with E-state index >= 15 is 0 Å². The van der Waals surface area contributed by atoms with Crippen molar-refractivity contribution in [1.29, 1.82) is 0 Å². The Kier molecular flexibility index (Phi) is 6.93. The molecule has 7 heteroatoms. The lowest BCUT2D eigenvalue weighted by Gasteiger charge is -2.32. The van der Waals surface area contributed by atoms with Crippen LogP contribution in [0, 0.1) is 6.92 Å². The van der Waals surface area contributed by atoms with E-state index in [0.29, 0.717) is 6.04 Å². The number of anilines is 1. The number of para-hydroxylation sites is 2. The van der Waals surface area contributed by atoms with Crippen molar-refractivity contribution in [3.05, 3.63) is 65.9 Å². The highest BCUT2D eigenvalue weighted by molar-refractivity contribution is 5.85. The standard InChI is InChI=1S/C26H32N6.H2O/c1-18-6-3-10-23-24(18)30-26(29-21-11-15-31(16-12-21)17-13-27)32(23)19(2)22-9-4-7-20-8-5-14-28-25(20)22;/h3-10,14,19,21H,11-13,15-17,27H2,1-2H3,(H,29,30);1H2. The van der Waals surface area contributed by atoms with Crippen molar-refractivity contribution in [1.82, 2.24) is 19.4 Å². The lowest BCUT2D eigenvalue weighted by Crippen LogP contribution is -2.41. The Balaban J connectivity index is 0.00000259. The van der Waals surface area contributed by atoms with Gasteiger partial charge < -0.3 is 26.0 Å². The molecule has 1 fully saturated rings. The van der Waals surface area contributed by atoms with Gasteiger partial charge in [-0.25, -0.2) is 4.98 Å². The fourth-order valence-corrected chi connectivity index (χ4v) is 5.02. The third-order valence-electron chi connectivity index (χ3n) is 6.79. The van der Waals surface area contributed by atoms with Crippen LogP contribution >= 0.6 is 0 Å². The number of nitrogens with zero attached hydrogens (tertiary/aromatic N) is 4. The van der Waals surface area contributed by atoms with Gasteiger partial charge in [-0.2, -0.15) is 0 Å². The van der Waals surface area contributed by atoms with Gasteiger partial charge in [0.2, 0.25) is 5.95 Å². The number of pyridine rings is 1. The first kappa shape index (κ1) is 23.2. The van der Waals surface area contributed by atoms with Crippen LogP contribution in [0.1, 0.15) is 36.9 Å². The molecule has 0 aliphatic carbocycles. The lowest BCUT2D eigenvalue weighted by atomic mass is 10.0. The molecule has 0 saturated carbocycles. The first-order valence-electron chi connectivity index (χ1n) is 11.7. The molecule has 5 N–H and O–H groups in total. The van der Waals surface area contributed by atoms with E-state index in [0.717, 1.165) is 61.5 Å². The average molecular weight is 447 g/mol. The summed E-state index contributed by atoms with van der Waals surface area (Å²) < 4.78 is 2.36. The number of aromatic nitrogens is 3. The monoisotopic (exact) mass is 446 g/mol. The van der Waals surface area contributed by atoms with Crippen LogP contribution in [0.25, 0.3) is 21.9 Å². The number of hydrogen-bond acceptors (Lipinski definition) is 5. The molecule has 2 aromatic carbocycles. The number of likely N-dealkylation sites (tertiary alicyclic amines) is 1. The van der Waals surface area contributed by atoms with Crippen molar-refractivity contribution in [3.63, 3.8) is 0 Å². The van der Waals surface area contributed by atoms with Crippen LogP contribution in [-0.4, -0.2) is 57.1 Å². The van der Waals surface area contributed by atoms with E-state index in [2.05, 4.69) is 71.1 Å². The van der Waals surface area contributed by atoms with E-state index < -0.39 is 0 Å². The average Bonchev–Trinajstić information content (AvgIpc) is 3.19. The van der Waals surface area contributed by atoms with Gasteiger partial charge in [-0.1, -0.05) is 36.4 Å². The van der Waals surface area contributed by atoms with Crippen LogP contribution < -0.4 is 11.1 Å². The molecule has 174 valence electrons. The number of nitrogens with two attached hydrogens (primary N) is 1. The second kappa shape index (κ2) is 9.87. The fraction of sp³-hybridized carbons (Fsp3) is 0.385. The molecule has 1 saturated heterocycles. The molecule has 0 amide bonds. The largest absolute Gasteiger partial charge is 0.412 e. The molecule has 1 aliphatic rings. The first-order chi connectivity index (χ1) is 15.7. The van der Waals surface area contributed by atoms with Crippen molar-refractivity contribution < 1.29 is 5.48 Å². The van der Waals surface area contributed by atoms with Gasteiger partial charge in [0, 0.05) is 49.4 Å². The van der Waals surface area contributed by atoms with E-state index in [1.165, 1.54) is 16.5 Å². The molecule has 2 aromatic heterocycles. The van der Waals surface area contributed by atoms with Crippen LogP contribution in [0.5, 0.6) is 0 Å². The molecular formula is C26H34N6O. The highest BCUT2D eigenvalue weighted by Crippen LogP contribution is 2.33. The van der Waals surface area contributed by atoms with Gasteiger partial charge in [-0.15, -0.1) is 0 Å². The molecule has 4 aromatic rings. The number of hydrogen-bond donors (Lipinski definition) is 2. The Morgan fingerprint density at radius 3 is 2.61 bits per heavy atom. The van der Waals surface area contributed by atoms with Gasteiger partial charge in [-0.3, -0.25) is 4.98 Å². The van der Waals surface area contributed by atoms with Gasteiger partial charge in [0.15, 0.2) is 0 Å². The number of aryl methyl sites for hydroxylation is 1. The van der Waals surface area contributed by atoms with E-state index in [4.69, 9.17) is 15.7 Å². The van der Waals surface area contributed by atoms with Crippen molar-refractivity contribution >= 4 is 27.9 Å². The summed E-state index contributed by atoms with van der Waals surface area (Å²) in [6.45, 7) is 8.26. The molecule has 0 bridgehead atoms. The molecule has 3 heterocycles. The van der Waals surface area contributed by atoms with E-state index in [1.54, 1.807) is 0 Å². The number of piperidine rings is 1. The molecule has 0 radical (unpaired) electrons. The van der Waals surface area contributed by atoms with Gasteiger partial charge >= 0.3 is 0 Å². The molecule has 1 unspecified atom stereocenters. The lowest BCUT2D eigenvalue weighted by molar-refractivity contribution is 0.224. The molecular weight excluding hydrogens is 412 g/mol. The zero-order valence-electron chi connectivity index (χ0n) is 19.5. The number of fused-ring (bicyclic) bond motifs is 2. The normalized spacial score (nSPS) is 16.1. The first-order valence-corrected chi connectivity index (χ1v) is 11.7. The van der Waals surface area contributed by atoms with Gasteiger partial charge in [0.25, 0.3) is 0 Å². The zero-order chi connectivity index (χ0) is 22.1. The highest BCUT2D eigenvalue weighted by atomic mass is 16.0. The second-order valence-corrected chi connectivity index (χ2v) is 8.90. The Morgan fingerprint density at radius 2 is 1.82 bits per heavy atom. The Bertz CT molecular complexity index is 1220. The summed E-state index contributed by atoms with van der Waals surface area (Å²) in [7, 11) is 0. The molecule has 1 aliphatic heterocycles. The number of benzene rings is 2. The minimum atomic E-state index is 0. The Hall–Kier alpha value is -3.00. The van der Waals surface area contributed by atoms with Crippen LogP contribution in [0.15, 0.2) is 54.7 Å². The number of rotatable bonds is 6. The van der Waals surface area contributed by atoms with Crippen LogP contribution in [-0.2, 0) is 0 Å². The maximum atomic E-state index is 5.75. The summed E-state index contributed by atoms with van der Waals surface area (Å²) in [5.74, 6) is 0.951. The maximum Gasteiger partial charge on any atom is 0.204 e. The van der Waals surface area contributed by atoms with Gasteiger partial charge in [-0.05, 0) is 44.4 Å². The van der Waals surface area contributed by atoms with Gasteiger partial charge in [0.1, 0.15) is 0 Å². The quantitative estimate of drug-likeness (QED) is 0.472. The minimum Gasteiger partial charge on any atom is -0.412 e. The predicted octanol–water partition coefficient (Wildman–Crippen LogP) is 3.51. The number of nitrogens with one attached hydrogen (secondary N) is 1. The summed E-state index contributed by atoms with van der Waals surface area (Å²) in [5.41, 5.74) is 11.4. The summed E-state index contributed by atoms with van der Waals surface area (Å²) in [6.07, 6.45) is 4.09. The second-order valence-electron chi connectivity index (χ2n) is 8.90. The topological polar surface area (TPSA) is 104 Å². The molecule has 33 heavy (non-hydrogen) atoms. The van der Waals surface area contributed by atoms with Crippen molar-refractivity contribution in [2.45, 2.75) is 38.8 Å². The number of imidazole rings is 1. The Labute approximate surface area is 194 Å². The fourth-order valence-electron chi connectivity index (χ4n) is 5.02. The summed E-state index contributed by atoms with van der Waals surface area (Å²) in [6, 6.07) is 17.5. The summed E-state index contributed by atoms with van der Waals surface area (Å²) in [4.78, 5) is 12.3. The third kappa shape index (κ3) is 4.44. The van der Waals surface area contributed by atoms with Crippen molar-refractivity contribution in [3.8, 4) is 0 Å². The minimum absolute atomic E-state index is 0. The Morgan fingerprint density at radius 1 is 1.06 bits per heavy atom. The van der Waals surface area contributed by atoms with Gasteiger partial charge in [0.05, 0.1) is 22.6 Å². The third-order valence-corrected chi connectivity index (χ3v) is 6.79. The SMILES string of the molecule is Cc1cccc2c1nc(NC1CCN(CCN)CC1)n2C(C)c1cccc2cccnc12.O. The highest BCUT2D eigenvalue weighted by Gasteiger charge is 2.24. The smallest absolute Gasteiger partial charge is 0.204 e. The molecule has 0 spiro atoms. The van der Waals surface area contributed by atoms with E-state index in [1.807, 2.05) is 12.3 Å². The van der Waals surface area contributed by atoms with E-state index in [-0.39, 0.29) is 11.5 Å². The maximum absolute atomic E-state index is 5.75. The molecule has 7 nitrogen and oxygen atoms in total. The van der Waals surface area contributed by atoms with Crippen LogP contribution in [0.3, 0.4) is 0 Å².